The largest absolute Gasteiger partial charge is 0.497 e. The number of allylic oxidation sites excluding steroid dienone is 4. The van der Waals surface area contributed by atoms with Crippen LogP contribution in [0.25, 0.3) is 10.9 Å². The summed E-state index contributed by atoms with van der Waals surface area (Å²) in [6.07, 6.45) is 10.5. The molecule has 0 N–H and O–H groups in total. The van der Waals surface area contributed by atoms with Crippen LogP contribution >= 0.6 is 0 Å². The van der Waals surface area contributed by atoms with Crippen LogP contribution in [-0.4, -0.2) is 41.4 Å². The number of hydrogen-bond donors (Lipinski definition) is 0. The first-order valence-electron chi connectivity index (χ1n) is 14.1. The lowest BCUT2D eigenvalue weighted by atomic mass is 9.98. The van der Waals surface area contributed by atoms with Crippen molar-refractivity contribution in [1.29, 1.82) is 0 Å². The Labute approximate surface area is 225 Å². The van der Waals surface area contributed by atoms with Gasteiger partial charge in [-0.2, -0.15) is 0 Å². The van der Waals surface area contributed by atoms with Gasteiger partial charge in [0.05, 0.1) is 18.2 Å². The van der Waals surface area contributed by atoms with Gasteiger partial charge in [0, 0.05) is 30.2 Å². The van der Waals surface area contributed by atoms with Crippen molar-refractivity contribution in [1.82, 2.24) is 9.47 Å². The summed E-state index contributed by atoms with van der Waals surface area (Å²) >= 11 is 0. The molecule has 5 heteroatoms. The molecule has 0 aliphatic heterocycles. The lowest BCUT2D eigenvalue weighted by molar-refractivity contribution is -0.132. The van der Waals surface area contributed by atoms with Crippen LogP contribution in [0.1, 0.15) is 96.6 Å². The summed E-state index contributed by atoms with van der Waals surface area (Å²) in [5.74, 6) is 1.37. The molecule has 0 aliphatic rings. The van der Waals surface area contributed by atoms with Crippen LogP contribution in [0.4, 0.5) is 0 Å². The van der Waals surface area contributed by atoms with E-state index in [1.807, 2.05) is 73.6 Å². The third-order valence-electron chi connectivity index (χ3n) is 6.50. The SMILES string of the molecule is CC.CC/C=C\C=C(/CC)C(=O)c1c(C)n(CC(=O)N(CCCC)CCC(C)C)c2cc(OC)ccc12. The number of unbranched alkanes of at least 4 members (excludes halogenated alkanes) is 1. The molecule has 1 aromatic heterocycles. The molecule has 1 amide bonds. The second kappa shape index (κ2) is 16.8. The topological polar surface area (TPSA) is 51.5 Å². The highest BCUT2D eigenvalue weighted by atomic mass is 16.5. The van der Waals surface area contributed by atoms with Gasteiger partial charge in [-0.05, 0) is 56.2 Å². The summed E-state index contributed by atoms with van der Waals surface area (Å²) in [4.78, 5) is 29.2. The molecule has 37 heavy (non-hydrogen) atoms. The van der Waals surface area contributed by atoms with Gasteiger partial charge in [0.2, 0.25) is 5.91 Å². The number of ether oxygens (including phenoxy) is 1. The van der Waals surface area contributed by atoms with Gasteiger partial charge in [-0.25, -0.2) is 0 Å². The van der Waals surface area contributed by atoms with Crippen molar-refractivity contribution in [2.24, 2.45) is 5.92 Å². The number of carbonyl (C=O) groups excluding carboxylic acids is 2. The summed E-state index contributed by atoms with van der Waals surface area (Å²) in [6.45, 7) is 18.3. The van der Waals surface area contributed by atoms with Gasteiger partial charge in [0.1, 0.15) is 12.3 Å². The smallest absolute Gasteiger partial charge is 0.242 e. The van der Waals surface area contributed by atoms with Gasteiger partial charge in [0.25, 0.3) is 0 Å². The number of aromatic nitrogens is 1. The van der Waals surface area contributed by atoms with E-state index in [1.165, 1.54) is 0 Å². The van der Waals surface area contributed by atoms with E-state index in [2.05, 4.69) is 27.7 Å². The van der Waals surface area contributed by atoms with Crippen molar-refractivity contribution in [2.75, 3.05) is 20.2 Å². The van der Waals surface area contributed by atoms with Crippen molar-refractivity contribution in [2.45, 2.75) is 94.0 Å². The molecule has 0 spiro atoms. The zero-order valence-electron chi connectivity index (χ0n) is 24.8. The summed E-state index contributed by atoms with van der Waals surface area (Å²) in [7, 11) is 1.63. The number of carbonyl (C=O) groups is 2. The molecule has 0 unspecified atom stereocenters. The maximum Gasteiger partial charge on any atom is 0.242 e. The molecule has 0 bridgehead atoms. The average molecular weight is 511 g/mol. The average Bonchev–Trinajstić information content (AvgIpc) is 3.17. The monoisotopic (exact) mass is 510 g/mol. The number of ketones is 1. The van der Waals surface area contributed by atoms with Crippen molar-refractivity contribution in [3.05, 3.63) is 53.3 Å². The number of methoxy groups -OCH3 is 1. The van der Waals surface area contributed by atoms with E-state index in [4.69, 9.17) is 4.74 Å². The number of hydrogen-bond acceptors (Lipinski definition) is 3. The minimum absolute atomic E-state index is 0.0229. The highest BCUT2D eigenvalue weighted by molar-refractivity contribution is 6.17. The normalized spacial score (nSPS) is 11.7. The Morgan fingerprint density at radius 2 is 1.81 bits per heavy atom. The fraction of sp³-hybridized carbons (Fsp3) is 0.562. The molecule has 0 aliphatic carbocycles. The summed E-state index contributed by atoms with van der Waals surface area (Å²) < 4.78 is 7.47. The number of nitrogens with zero attached hydrogens (tertiary/aromatic N) is 2. The second-order valence-corrected chi connectivity index (χ2v) is 9.56. The molecule has 0 saturated heterocycles. The maximum atomic E-state index is 13.7. The molecule has 0 saturated carbocycles. The van der Waals surface area contributed by atoms with Crippen molar-refractivity contribution >= 4 is 22.6 Å². The first-order valence-corrected chi connectivity index (χ1v) is 14.1. The van der Waals surface area contributed by atoms with Gasteiger partial charge in [-0.15, -0.1) is 0 Å². The van der Waals surface area contributed by atoms with Crippen LogP contribution in [0.2, 0.25) is 0 Å². The molecule has 0 atom stereocenters. The Balaban J connectivity index is 0.00000334. The molecule has 1 aromatic carbocycles. The summed E-state index contributed by atoms with van der Waals surface area (Å²) in [5, 5.41) is 0.863. The Morgan fingerprint density at radius 3 is 2.38 bits per heavy atom. The molecule has 206 valence electrons. The van der Waals surface area contributed by atoms with Gasteiger partial charge >= 0.3 is 0 Å². The predicted octanol–water partition coefficient (Wildman–Crippen LogP) is 8.14. The molecule has 1 heterocycles. The van der Waals surface area contributed by atoms with Crippen LogP contribution in [0.15, 0.2) is 42.0 Å². The predicted molar refractivity (Wildman–Crippen MR) is 158 cm³/mol. The number of Topliss-reactive ketones (excluding diaryl/α,β-unsaturated/α-hetero) is 1. The molecule has 5 nitrogen and oxygen atoms in total. The van der Waals surface area contributed by atoms with Crippen LogP contribution < -0.4 is 4.74 Å². The third-order valence-corrected chi connectivity index (χ3v) is 6.50. The first-order chi connectivity index (χ1) is 17.8. The van der Waals surface area contributed by atoms with Crippen LogP contribution in [0.5, 0.6) is 5.75 Å². The quantitative estimate of drug-likeness (QED) is 0.146. The minimum atomic E-state index is 0.0229. The van der Waals surface area contributed by atoms with Crippen LogP contribution in [-0.2, 0) is 11.3 Å². The third kappa shape index (κ3) is 8.91. The fourth-order valence-corrected chi connectivity index (χ4v) is 4.27. The van der Waals surface area contributed by atoms with Gasteiger partial charge in [0.15, 0.2) is 5.78 Å². The van der Waals surface area contributed by atoms with Crippen molar-refractivity contribution in [3.8, 4) is 5.75 Å². The number of amides is 1. The Kier molecular flexibility index (Phi) is 14.7. The maximum absolute atomic E-state index is 13.7. The molecule has 2 aromatic rings. The fourth-order valence-electron chi connectivity index (χ4n) is 4.27. The highest BCUT2D eigenvalue weighted by Crippen LogP contribution is 2.31. The highest BCUT2D eigenvalue weighted by Gasteiger charge is 2.24. The van der Waals surface area contributed by atoms with Gasteiger partial charge in [-0.1, -0.05) is 73.1 Å². The van der Waals surface area contributed by atoms with Gasteiger partial charge in [-0.3, -0.25) is 9.59 Å². The van der Waals surface area contributed by atoms with Crippen molar-refractivity contribution in [3.63, 3.8) is 0 Å². The van der Waals surface area contributed by atoms with E-state index in [0.29, 0.717) is 23.7 Å². The molecule has 0 fully saturated rings. The zero-order valence-corrected chi connectivity index (χ0v) is 24.8. The first kappa shape index (κ1) is 32.2. The van der Waals surface area contributed by atoms with Crippen LogP contribution in [0.3, 0.4) is 0 Å². The van der Waals surface area contributed by atoms with E-state index in [0.717, 1.165) is 60.9 Å². The van der Waals surface area contributed by atoms with E-state index in [-0.39, 0.29) is 18.2 Å². The molecule has 2 rings (SSSR count). The van der Waals surface area contributed by atoms with Crippen LogP contribution in [0, 0.1) is 12.8 Å². The minimum Gasteiger partial charge on any atom is -0.497 e. The lowest BCUT2D eigenvalue weighted by Gasteiger charge is -2.24. The molecule has 0 radical (unpaired) electrons. The van der Waals surface area contributed by atoms with E-state index in [1.54, 1.807) is 7.11 Å². The lowest BCUT2D eigenvalue weighted by Crippen LogP contribution is -2.36. The number of fused-ring (bicyclic) bond motifs is 1. The standard InChI is InChI=1S/C30H44N2O3.C2H6/c1-8-11-13-14-24(10-3)30(34)29-23(6)32(27-20-25(35-7)15-16-26(27)29)21-28(33)31(18-12-9-2)19-17-22(4)5;1-2/h11,13-16,20,22H,8-10,12,17-19,21H2,1-7H3;1-2H3/b13-11-,24-14+;. The van der Waals surface area contributed by atoms with Crippen molar-refractivity contribution < 1.29 is 14.3 Å². The molecular formula is C32H50N2O3. The number of rotatable bonds is 14. The summed E-state index contributed by atoms with van der Waals surface area (Å²) in [6, 6.07) is 5.76. The Hall–Kier alpha value is -2.82. The zero-order chi connectivity index (χ0) is 28.0. The summed E-state index contributed by atoms with van der Waals surface area (Å²) in [5.41, 5.74) is 3.12. The molecular weight excluding hydrogens is 460 g/mol. The van der Waals surface area contributed by atoms with E-state index in [9.17, 15) is 9.59 Å². The van der Waals surface area contributed by atoms with Gasteiger partial charge < -0.3 is 14.2 Å². The Bertz CT molecular complexity index is 1060. The number of benzene rings is 1. The van der Waals surface area contributed by atoms with E-state index < -0.39 is 0 Å². The Morgan fingerprint density at radius 1 is 1.11 bits per heavy atom. The van der Waals surface area contributed by atoms with E-state index >= 15 is 0 Å². The second-order valence-electron chi connectivity index (χ2n) is 9.56.